The second-order valence-corrected chi connectivity index (χ2v) is 4.97. The second kappa shape index (κ2) is 4.66. The predicted molar refractivity (Wildman–Crippen MR) is 66.6 cm³/mol. The van der Waals surface area contributed by atoms with E-state index in [-0.39, 0.29) is 5.91 Å². The molecule has 1 unspecified atom stereocenters. The van der Waals surface area contributed by atoms with E-state index in [0.717, 1.165) is 17.5 Å². The summed E-state index contributed by atoms with van der Waals surface area (Å²) in [6, 6.07) is 4.79. The number of carbonyl (C=O) groups is 2. The predicted octanol–water partition coefficient (Wildman–Crippen LogP) is 1.41. The maximum atomic E-state index is 12.4. The highest BCUT2D eigenvalue weighted by molar-refractivity contribution is 5.97. The Morgan fingerprint density at radius 1 is 1.26 bits per heavy atom. The van der Waals surface area contributed by atoms with Crippen LogP contribution in [0.15, 0.2) is 18.2 Å². The van der Waals surface area contributed by atoms with E-state index in [2.05, 4.69) is 0 Å². The number of likely N-dealkylation sites (tertiary alicyclic amines) is 1. The molecule has 1 atom stereocenters. The van der Waals surface area contributed by atoms with E-state index in [1.807, 2.05) is 12.1 Å². The van der Waals surface area contributed by atoms with Crippen molar-refractivity contribution in [2.45, 2.75) is 32.1 Å². The molecule has 0 aromatic heterocycles. The van der Waals surface area contributed by atoms with Crippen LogP contribution in [0.3, 0.4) is 0 Å². The molecule has 100 valence electrons. The standard InChI is InChI=1S/C14H15NO4/c16-13(15-5-1-2-12(15)14(17)18)9-3-4-10-7-19-8-11(10)6-9/h3-4,6,12H,1-2,5,7-8H2,(H,17,18). The number of amides is 1. The van der Waals surface area contributed by atoms with Crippen LogP contribution in [0.5, 0.6) is 0 Å². The maximum absolute atomic E-state index is 12.4. The number of ether oxygens (including phenoxy) is 1. The van der Waals surface area contributed by atoms with Gasteiger partial charge in [0.25, 0.3) is 5.91 Å². The largest absolute Gasteiger partial charge is 0.480 e. The molecule has 2 aliphatic rings. The molecule has 0 bridgehead atoms. The van der Waals surface area contributed by atoms with E-state index in [1.165, 1.54) is 4.90 Å². The fourth-order valence-corrected chi connectivity index (χ4v) is 2.74. The summed E-state index contributed by atoms with van der Waals surface area (Å²) < 4.78 is 5.32. The highest BCUT2D eigenvalue weighted by Crippen LogP contribution is 2.24. The van der Waals surface area contributed by atoms with Crippen molar-refractivity contribution >= 4 is 11.9 Å². The van der Waals surface area contributed by atoms with Gasteiger partial charge in [-0.2, -0.15) is 0 Å². The normalized spacial score (nSPS) is 21.5. The zero-order chi connectivity index (χ0) is 13.4. The minimum absolute atomic E-state index is 0.195. The zero-order valence-corrected chi connectivity index (χ0v) is 10.5. The molecule has 5 nitrogen and oxygen atoms in total. The molecule has 1 N–H and O–H groups in total. The highest BCUT2D eigenvalue weighted by Gasteiger charge is 2.34. The Labute approximate surface area is 110 Å². The van der Waals surface area contributed by atoms with Gasteiger partial charge in [0, 0.05) is 12.1 Å². The third-order valence-corrected chi connectivity index (χ3v) is 3.77. The van der Waals surface area contributed by atoms with Gasteiger partial charge in [0.2, 0.25) is 0 Å². The van der Waals surface area contributed by atoms with Crippen molar-refractivity contribution in [1.82, 2.24) is 4.90 Å². The van der Waals surface area contributed by atoms with Crippen molar-refractivity contribution in [3.8, 4) is 0 Å². The molecule has 0 aliphatic carbocycles. The second-order valence-electron chi connectivity index (χ2n) is 4.97. The molecular weight excluding hydrogens is 246 g/mol. The molecule has 2 heterocycles. The van der Waals surface area contributed by atoms with Gasteiger partial charge in [0.1, 0.15) is 6.04 Å². The Morgan fingerprint density at radius 3 is 2.84 bits per heavy atom. The number of carboxylic acid groups (broad SMARTS) is 1. The van der Waals surface area contributed by atoms with Crippen molar-refractivity contribution in [1.29, 1.82) is 0 Å². The van der Waals surface area contributed by atoms with Crippen molar-refractivity contribution in [2.24, 2.45) is 0 Å². The van der Waals surface area contributed by atoms with Gasteiger partial charge >= 0.3 is 5.97 Å². The lowest BCUT2D eigenvalue weighted by Crippen LogP contribution is -2.40. The zero-order valence-electron chi connectivity index (χ0n) is 10.5. The highest BCUT2D eigenvalue weighted by atomic mass is 16.5. The number of aliphatic carboxylic acids is 1. The Kier molecular flexibility index (Phi) is 2.98. The van der Waals surface area contributed by atoms with Gasteiger partial charge in [-0.25, -0.2) is 4.79 Å². The van der Waals surface area contributed by atoms with Gasteiger partial charge in [-0.3, -0.25) is 4.79 Å². The first-order valence-corrected chi connectivity index (χ1v) is 6.40. The average molecular weight is 261 g/mol. The summed E-state index contributed by atoms with van der Waals surface area (Å²) in [5.41, 5.74) is 2.68. The Bertz CT molecular complexity index is 540. The molecular formula is C14H15NO4. The van der Waals surface area contributed by atoms with Gasteiger partial charge in [0.05, 0.1) is 13.2 Å². The first-order valence-electron chi connectivity index (χ1n) is 6.40. The van der Waals surface area contributed by atoms with E-state index < -0.39 is 12.0 Å². The quantitative estimate of drug-likeness (QED) is 0.874. The minimum atomic E-state index is -0.921. The summed E-state index contributed by atoms with van der Waals surface area (Å²) in [6.07, 6.45) is 1.28. The molecule has 1 amide bonds. The average Bonchev–Trinajstić information content (AvgIpc) is 3.05. The Balaban J connectivity index is 1.85. The van der Waals surface area contributed by atoms with Gasteiger partial charge in [-0.1, -0.05) is 6.07 Å². The van der Waals surface area contributed by atoms with Crippen LogP contribution in [0.2, 0.25) is 0 Å². The molecule has 1 aromatic carbocycles. The first-order chi connectivity index (χ1) is 9.16. The Hall–Kier alpha value is -1.88. The van der Waals surface area contributed by atoms with Crippen molar-refractivity contribution < 1.29 is 19.4 Å². The Morgan fingerprint density at radius 2 is 2.05 bits per heavy atom. The van der Waals surface area contributed by atoms with Crippen LogP contribution >= 0.6 is 0 Å². The number of hydrogen-bond donors (Lipinski definition) is 1. The van der Waals surface area contributed by atoms with Crippen molar-refractivity contribution in [2.75, 3.05) is 6.54 Å². The molecule has 1 saturated heterocycles. The van der Waals surface area contributed by atoms with Crippen LogP contribution in [0, 0.1) is 0 Å². The molecule has 5 heteroatoms. The molecule has 0 radical (unpaired) electrons. The molecule has 1 aromatic rings. The van der Waals surface area contributed by atoms with Crippen LogP contribution < -0.4 is 0 Å². The number of carbonyl (C=O) groups excluding carboxylic acids is 1. The fourth-order valence-electron chi connectivity index (χ4n) is 2.74. The summed E-state index contributed by atoms with van der Waals surface area (Å²) in [5.74, 6) is -1.12. The van der Waals surface area contributed by atoms with E-state index >= 15 is 0 Å². The number of carboxylic acids is 1. The lowest BCUT2D eigenvalue weighted by atomic mass is 10.1. The van der Waals surface area contributed by atoms with Gasteiger partial charge < -0.3 is 14.7 Å². The number of nitrogens with zero attached hydrogens (tertiary/aromatic N) is 1. The maximum Gasteiger partial charge on any atom is 0.326 e. The van der Waals surface area contributed by atoms with Crippen molar-refractivity contribution in [3.63, 3.8) is 0 Å². The molecule has 0 spiro atoms. The van der Waals surface area contributed by atoms with E-state index in [0.29, 0.717) is 31.7 Å². The lowest BCUT2D eigenvalue weighted by molar-refractivity contribution is -0.141. The topological polar surface area (TPSA) is 66.8 Å². The van der Waals surface area contributed by atoms with E-state index in [4.69, 9.17) is 9.84 Å². The van der Waals surface area contributed by atoms with Gasteiger partial charge in [0.15, 0.2) is 0 Å². The third-order valence-electron chi connectivity index (χ3n) is 3.77. The van der Waals surface area contributed by atoms with E-state index in [1.54, 1.807) is 6.07 Å². The summed E-state index contributed by atoms with van der Waals surface area (Å²) in [7, 11) is 0. The monoisotopic (exact) mass is 261 g/mol. The third kappa shape index (κ3) is 2.10. The van der Waals surface area contributed by atoms with Gasteiger partial charge in [-0.15, -0.1) is 0 Å². The first kappa shape index (κ1) is 12.2. The van der Waals surface area contributed by atoms with Crippen LogP contribution in [-0.2, 0) is 22.7 Å². The summed E-state index contributed by atoms with van der Waals surface area (Å²) in [6.45, 7) is 1.63. The summed E-state index contributed by atoms with van der Waals surface area (Å²) in [4.78, 5) is 25.0. The van der Waals surface area contributed by atoms with Gasteiger partial charge in [-0.05, 0) is 36.1 Å². The number of fused-ring (bicyclic) bond motifs is 1. The smallest absolute Gasteiger partial charge is 0.326 e. The van der Waals surface area contributed by atoms with Crippen LogP contribution in [0.4, 0.5) is 0 Å². The summed E-state index contributed by atoms with van der Waals surface area (Å²) in [5, 5.41) is 9.12. The summed E-state index contributed by atoms with van der Waals surface area (Å²) >= 11 is 0. The fraction of sp³-hybridized carbons (Fsp3) is 0.429. The van der Waals surface area contributed by atoms with Crippen LogP contribution in [-0.4, -0.2) is 34.5 Å². The van der Waals surface area contributed by atoms with Crippen LogP contribution in [0.25, 0.3) is 0 Å². The number of hydrogen-bond acceptors (Lipinski definition) is 3. The number of benzene rings is 1. The van der Waals surface area contributed by atoms with E-state index in [9.17, 15) is 9.59 Å². The molecule has 1 fully saturated rings. The lowest BCUT2D eigenvalue weighted by Gasteiger charge is -2.21. The number of rotatable bonds is 2. The van der Waals surface area contributed by atoms with Crippen molar-refractivity contribution in [3.05, 3.63) is 34.9 Å². The van der Waals surface area contributed by atoms with Crippen LogP contribution in [0.1, 0.15) is 34.3 Å². The molecule has 19 heavy (non-hydrogen) atoms. The molecule has 0 saturated carbocycles. The molecule has 2 aliphatic heterocycles. The molecule has 3 rings (SSSR count). The SMILES string of the molecule is O=C(O)C1CCCN1C(=O)c1ccc2c(c1)COC2. The minimum Gasteiger partial charge on any atom is -0.480 e.